The molecular formula is H6BiO2P. The predicted molar refractivity (Wildman–Crippen MR) is 22.6 cm³/mol. The summed E-state index contributed by atoms with van der Waals surface area (Å²) in [6.45, 7) is 0. The van der Waals surface area contributed by atoms with E-state index >= 15 is 0 Å². The third-order valence-electron chi connectivity index (χ3n) is 0. The molecule has 0 aromatic rings. The summed E-state index contributed by atoms with van der Waals surface area (Å²) in [5.74, 6) is 0. The topological polar surface area (TPSA) is 37.3 Å². The Kier molecular flexibility index (Phi) is 19.9. The minimum absolute atomic E-state index is 0. The van der Waals surface area contributed by atoms with Gasteiger partial charge in [0.15, 0.2) is 8.69 Å². The first-order valence-electron chi connectivity index (χ1n) is 0.494. The minimum atomic E-state index is -1.50. The van der Waals surface area contributed by atoms with Crippen molar-refractivity contribution in [3.8, 4) is 0 Å². The SMILES string of the molecule is O=[PH2]O.[BiH3]. The van der Waals surface area contributed by atoms with Crippen LogP contribution < -0.4 is 0 Å². The van der Waals surface area contributed by atoms with Crippen LogP contribution in [0.2, 0.25) is 0 Å². The second-order valence-corrected chi connectivity index (χ2v) is 0.316. The van der Waals surface area contributed by atoms with E-state index in [1.165, 1.54) is 0 Å². The maximum atomic E-state index is 8.57. The summed E-state index contributed by atoms with van der Waals surface area (Å²) >= 11 is 0. The van der Waals surface area contributed by atoms with Crippen molar-refractivity contribution >= 4 is 34.9 Å². The van der Waals surface area contributed by atoms with Crippen LogP contribution in [-0.2, 0) is 4.57 Å². The summed E-state index contributed by atoms with van der Waals surface area (Å²) < 4.78 is 8.57. The van der Waals surface area contributed by atoms with Gasteiger partial charge in [-0.2, -0.15) is 0 Å². The van der Waals surface area contributed by atoms with Crippen molar-refractivity contribution in [2.24, 2.45) is 0 Å². The molecule has 4 heteroatoms. The molecule has 0 saturated heterocycles. The average Bonchev–Trinajstić information content (AvgIpc) is 0.918. The molecule has 28 valence electrons. The fourth-order valence-corrected chi connectivity index (χ4v) is 0. The first-order valence-corrected chi connectivity index (χ1v) is 1.48. The zero-order chi connectivity index (χ0) is 2.71. The Morgan fingerprint density at radius 3 is 1.75 bits per heavy atom. The van der Waals surface area contributed by atoms with E-state index in [-0.39, 0.29) is 26.2 Å². The fraction of sp³-hybridized carbons (Fsp3) is 0. The van der Waals surface area contributed by atoms with Crippen LogP contribution in [0, 0.1) is 0 Å². The van der Waals surface area contributed by atoms with Crippen LogP contribution in [-0.4, -0.2) is 31.1 Å². The Morgan fingerprint density at radius 2 is 1.75 bits per heavy atom. The van der Waals surface area contributed by atoms with Crippen molar-refractivity contribution < 1.29 is 9.46 Å². The van der Waals surface area contributed by atoms with Crippen molar-refractivity contribution in [2.75, 3.05) is 0 Å². The molecular weight excluding hydrogens is 272 g/mol. The molecule has 0 aromatic carbocycles. The van der Waals surface area contributed by atoms with Gasteiger partial charge in [-0.25, -0.2) is 0 Å². The van der Waals surface area contributed by atoms with Crippen molar-refractivity contribution in [1.82, 2.24) is 0 Å². The molecule has 0 spiro atoms. The molecule has 0 amide bonds. The van der Waals surface area contributed by atoms with Crippen LogP contribution in [0.25, 0.3) is 0 Å². The van der Waals surface area contributed by atoms with Crippen molar-refractivity contribution in [3.05, 3.63) is 0 Å². The van der Waals surface area contributed by atoms with Crippen LogP contribution in [0.4, 0.5) is 0 Å². The Bertz CT molecular complexity index is 13.5. The van der Waals surface area contributed by atoms with E-state index in [9.17, 15) is 0 Å². The summed E-state index contributed by atoms with van der Waals surface area (Å²) in [7, 11) is -1.50. The Balaban J connectivity index is 0. The summed E-state index contributed by atoms with van der Waals surface area (Å²) in [6, 6.07) is 0. The van der Waals surface area contributed by atoms with Gasteiger partial charge < -0.3 is 4.89 Å². The van der Waals surface area contributed by atoms with Gasteiger partial charge in [0.25, 0.3) is 0 Å². The Morgan fingerprint density at radius 1 is 1.75 bits per heavy atom. The van der Waals surface area contributed by atoms with E-state index in [1.54, 1.807) is 0 Å². The predicted octanol–water partition coefficient (Wildman–Crippen LogP) is -1.53. The van der Waals surface area contributed by atoms with E-state index in [1.807, 2.05) is 0 Å². The molecule has 0 bridgehead atoms. The Labute approximate surface area is 44.6 Å². The van der Waals surface area contributed by atoms with Gasteiger partial charge in [-0.15, -0.1) is 0 Å². The molecule has 0 fully saturated rings. The van der Waals surface area contributed by atoms with E-state index in [2.05, 4.69) is 0 Å². The molecule has 0 aromatic heterocycles. The number of rotatable bonds is 0. The molecule has 0 aliphatic carbocycles. The normalized spacial score (nSPS) is 7.25. The average molecular weight is 278 g/mol. The fourth-order valence-electron chi connectivity index (χ4n) is 0. The van der Waals surface area contributed by atoms with E-state index in [4.69, 9.17) is 9.46 Å². The van der Waals surface area contributed by atoms with Gasteiger partial charge in [-0.1, -0.05) is 0 Å². The van der Waals surface area contributed by atoms with Gasteiger partial charge in [0.05, 0.1) is 0 Å². The molecule has 0 saturated carbocycles. The van der Waals surface area contributed by atoms with Gasteiger partial charge in [0, 0.05) is 0 Å². The molecule has 1 atom stereocenters. The van der Waals surface area contributed by atoms with Gasteiger partial charge in [0.1, 0.15) is 0 Å². The monoisotopic (exact) mass is 278 g/mol. The van der Waals surface area contributed by atoms with Crippen molar-refractivity contribution in [2.45, 2.75) is 0 Å². The van der Waals surface area contributed by atoms with Gasteiger partial charge in [-0.3, -0.25) is 4.57 Å². The van der Waals surface area contributed by atoms with E-state index in [0.29, 0.717) is 0 Å². The third-order valence-corrected chi connectivity index (χ3v) is 0. The molecule has 0 aliphatic rings. The third kappa shape index (κ3) is 11.5. The molecule has 0 heterocycles. The first kappa shape index (κ1) is 8.91. The quantitative estimate of drug-likeness (QED) is 0.431. The molecule has 0 rings (SSSR count). The van der Waals surface area contributed by atoms with Gasteiger partial charge in [0.2, 0.25) is 0 Å². The number of hydrogen-bond acceptors (Lipinski definition) is 1. The zero-order valence-corrected chi connectivity index (χ0v) is 8.79. The van der Waals surface area contributed by atoms with Gasteiger partial charge in [-0.05, 0) is 0 Å². The van der Waals surface area contributed by atoms with Crippen LogP contribution >= 0.6 is 8.69 Å². The summed E-state index contributed by atoms with van der Waals surface area (Å²) in [6.07, 6.45) is 0. The van der Waals surface area contributed by atoms with E-state index in [0.717, 1.165) is 0 Å². The van der Waals surface area contributed by atoms with Crippen molar-refractivity contribution in [3.63, 3.8) is 0 Å². The number of hydrogen-bond donors (Lipinski definition) is 1. The zero-order valence-electron chi connectivity index (χ0n) is 2.14. The molecule has 4 heavy (non-hydrogen) atoms. The standard InChI is InChI=1S/Bi.H3O2P.3H/c;1-3-2;;;/h;3H2,(H,1,2);;;. The van der Waals surface area contributed by atoms with Crippen LogP contribution in [0.15, 0.2) is 0 Å². The molecule has 2 nitrogen and oxygen atoms in total. The summed E-state index contributed by atoms with van der Waals surface area (Å²) in [4.78, 5) is 7.10. The second kappa shape index (κ2) is 8.95. The van der Waals surface area contributed by atoms with Crippen LogP contribution in [0.1, 0.15) is 0 Å². The van der Waals surface area contributed by atoms with E-state index < -0.39 is 8.69 Å². The maximum absolute atomic E-state index is 8.57. The molecule has 0 radical (unpaired) electrons. The van der Waals surface area contributed by atoms with Crippen molar-refractivity contribution in [1.29, 1.82) is 0 Å². The first-order chi connectivity index (χ1) is 1.41. The molecule has 1 unspecified atom stereocenters. The molecule has 1 N–H and O–H groups in total. The van der Waals surface area contributed by atoms with Crippen LogP contribution in [0.5, 0.6) is 0 Å². The van der Waals surface area contributed by atoms with Crippen LogP contribution in [0.3, 0.4) is 0 Å². The molecule has 0 aliphatic heterocycles. The summed E-state index contributed by atoms with van der Waals surface area (Å²) in [5, 5.41) is 0. The second-order valence-electron chi connectivity index (χ2n) is 0.105. The van der Waals surface area contributed by atoms with Gasteiger partial charge >= 0.3 is 26.2 Å². The Hall–Kier alpha value is 1.07. The summed E-state index contributed by atoms with van der Waals surface area (Å²) in [5.41, 5.74) is 0.